The third-order valence-corrected chi connectivity index (χ3v) is 12.8. The van der Waals surface area contributed by atoms with Crippen molar-refractivity contribution in [2.45, 2.75) is 0 Å². The van der Waals surface area contributed by atoms with Gasteiger partial charge in [0.2, 0.25) is 0 Å². The zero-order chi connectivity index (χ0) is 41.7. The van der Waals surface area contributed by atoms with Gasteiger partial charge in [0.05, 0.1) is 28.4 Å². The molecule has 0 atom stereocenters. The number of anilines is 3. The van der Waals surface area contributed by atoms with Crippen LogP contribution in [-0.2, 0) is 0 Å². The molecule has 0 aliphatic heterocycles. The third-order valence-electron chi connectivity index (χ3n) is 12.3. The van der Waals surface area contributed by atoms with Gasteiger partial charge in [-0.25, -0.2) is 0 Å². The van der Waals surface area contributed by atoms with E-state index in [4.69, 9.17) is 8.75 Å². The molecule has 63 heavy (non-hydrogen) atoms. The first-order chi connectivity index (χ1) is 31.2. The van der Waals surface area contributed by atoms with E-state index in [1.165, 1.54) is 72.2 Å². The summed E-state index contributed by atoms with van der Waals surface area (Å²) in [6.45, 7) is 0. The van der Waals surface area contributed by atoms with Crippen LogP contribution in [0.15, 0.2) is 231 Å². The van der Waals surface area contributed by atoms with E-state index in [1.807, 2.05) is 0 Å². The molecule has 2 aromatic heterocycles. The van der Waals surface area contributed by atoms with Gasteiger partial charge < -0.3 is 9.47 Å². The number of nitrogens with zero attached hydrogens (tertiary/aromatic N) is 4. The smallest absolute Gasteiger partial charge is 0.129 e. The van der Waals surface area contributed by atoms with E-state index in [-0.39, 0.29) is 0 Å². The summed E-state index contributed by atoms with van der Waals surface area (Å²) in [5.74, 6) is 0. The summed E-state index contributed by atoms with van der Waals surface area (Å²) in [6.07, 6.45) is 0. The molecule has 0 N–H and O–H groups in total. The van der Waals surface area contributed by atoms with E-state index in [0.717, 1.165) is 50.4 Å². The predicted octanol–water partition coefficient (Wildman–Crippen LogP) is 16.1. The number of fused-ring (bicyclic) bond motifs is 6. The lowest BCUT2D eigenvalue weighted by Crippen LogP contribution is -2.10. The number of aromatic nitrogens is 3. The molecular weight excluding hydrogens is 785 g/mol. The van der Waals surface area contributed by atoms with E-state index < -0.39 is 0 Å². The standard InChI is InChI=1S/C58H38N4S/c1-4-12-39(13-5-1)42-20-28-47(29-21-42)61(48-30-22-43(23-31-48)40-14-6-2-7-15-40)55-37-34-51(57-58(55)60-63-59-57)46-27-35-53-52(38-46)56-50-19-11-10-18-45(50)26-36-54(56)62(53)49-32-24-44(25-33-49)41-16-8-3-9-17-41/h1-38H. The van der Waals surface area contributed by atoms with E-state index in [0.29, 0.717) is 0 Å². The molecule has 0 saturated heterocycles. The summed E-state index contributed by atoms with van der Waals surface area (Å²) >= 11 is 1.26. The molecule has 2 heterocycles. The van der Waals surface area contributed by atoms with Crippen molar-refractivity contribution in [3.8, 4) is 50.2 Å². The van der Waals surface area contributed by atoms with Crippen molar-refractivity contribution >= 4 is 72.4 Å². The molecule has 0 saturated carbocycles. The molecule has 0 aliphatic rings. The molecule has 0 bridgehead atoms. The Bertz CT molecular complexity index is 3500. The molecule has 10 aromatic carbocycles. The Morgan fingerprint density at radius 1 is 0.365 bits per heavy atom. The topological polar surface area (TPSA) is 34.0 Å². The monoisotopic (exact) mass is 822 g/mol. The van der Waals surface area contributed by atoms with Gasteiger partial charge in [-0.1, -0.05) is 164 Å². The molecular formula is C58H38N4S. The maximum absolute atomic E-state index is 5.02. The van der Waals surface area contributed by atoms with Crippen molar-refractivity contribution < 1.29 is 0 Å². The molecule has 0 spiro atoms. The third kappa shape index (κ3) is 6.46. The van der Waals surface area contributed by atoms with Gasteiger partial charge in [0.15, 0.2) is 0 Å². The second kappa shape index (κ2) is 15.4. The summed E-state index contributed by atoms with van der Waals surface area (Å²) < 4.78 is 12.4. The minimum absolute atomic E-state index is 0.864. The average Bonchev–Trinajstić information content (AvgIpc) is 3.99. The van der Waals surface area contributed by atoms with Gasteiger partial charge >= 0.3 is 0 Å². The van der Waals surface area contributed by atoms with Crippen molar-refractivity contribution in [3.63, 3.8) is 0 Å². The summed E-state index contributed by atoms with van der Waals surface area (Å²) in [5.41, 5.74) is 17.5. The second-order valence-electron chi connectivity index (χ2n) is 15.9. The van der Waals surface area contributed by atoms with Crippen LogP contribution in [0.4, 0.5) is 17.1 Å². The first kappa shape index (κ1) is 36.7. The highest BCUT2D eigenvalue weighted by atomic mass is 32.1. The molecule has 12 rings (SSSR count). The van der Waals surface area contributed by atoms with Crippen LogP contribution in [0.1, 0.15) is 0 Å². The summed E-state index contributed by atoms with van der Waals surface area (Å²) in [6, 6.07) is 82.7. The summed E-state index contributed by atoms with van der Waals surface area (Å²) in [5, 5.41) is 4.90. The number of hydrogen-bond acceptors (Lipinski definition) is 4. The number of hydrogen-bond donors (Lipinski definition) is 0. The van der Waals surface area contributed by atoms with Crippen LogP contribution in [0.2, 0.25) is 0 Å². The van der Waals surface area contributed by atoms with Crippen LogP contribution in [-0.4, -0.2) is 13.3 Å². The molecule has 296 valence electrons. The highest BCUT2D eigenvalue weighted by Crippen LogP contribution is 2.44. The minimum Gasteiger partial charge on any atom is -0.309 e. The van der Waals surface area contributed by atoms with Crippen LogP contribution in [0.3, 0.4) is 0 Å². The van der Waals surface area contributed by atoms with Crippen molar-refractivity contribution in [2.24, 2.45) is 0 Å². The van der Waals surface area contributed by atoms with Crippen LogP contribution in [0, 0.1) is 0 Å². The molecule has 0 aliphatic carbocycles. The van der Waals surface area contributed by atoms with Crippen molar-refractivity contribution in [1.82, 2.24) is 13.3 Å². The maximum Gasteiger partial charge on any atom is 0.129 e. The van der Waals surface area contributed by atoms with Crippen LogP contribution < -0.4 is 4.90 Å². The Balaban J connectivity index is 1.000. The largest absolute Gasteiger partial charge is 0.309 e. The Labute approximate surface area is 369 Å². The Kier molecular flexibility index (Phi) is 8.98. The maximum atomic E-state index is 5.02. The van der Waals surface area contributed by atoms with Gasteiger partial charge in [-0.3, -0.25) is 0 Å². The Morgan fingerprint density at radius 3 is 1.46 bits per heavy atom. The fraction of sp³-hybridized carbons (Fsp3) is 0. The van der Waals surface area contributed by atoms with Crippen LogP contribution >= 0.6 is 11.7 Å². The van der Waals surface area contributed by atoms with E-state index in [2.05, 4.69) is 240 Å². The van der Waals surface area contributed by atoms with Gasteiger partial charge in [-0.2, -0.15) is 8.75 Å². The number of rotatable bonds is 8. The van der Waals surface area contributed by atoms with Gasteiger partial charge in [0.1, 0.15) is 11.0 Å². The summed E-state index contributed by atoms with van der Waals surface area (Å²) in [7, 11) is 0. The minimum atomic E-state index is 0.864. The molecule has 0 radical (unpaired) electrons. The van der Waals surface area contributed by atoms with Gasteiger partial charge in [0.25, 0.3) is 0 Å². The average molecular weight is 823 g/mol. The van der Waals surface area contributed by atoms with E-state index in [9.17, 15) is 0 Å². The van der Waals surface area contributed by atoms with Crippen LogP contribution in [0.5, 0.6) is 0 Å². The predicted molar refractivity (Wildman–Crippen MR) is 266 cm³/mol. The second-order valence-corrected chi connectivity index (χ2v) is 16.4. The highest BCUT2D eigenvalue weighted by Gasteiger charge is 2.22. The zero-order valence-electron chi connectivity index (χ0n) is 34.1. The molecule has 5 heteroatoms. The Hall–Kier alpha value is -8.12. The Morgan fingerprint density at radius 2 is 0.857 bits per heavy atom. The van der Waals surface area contributed by atoms with Gasteiger partial charge in [-0.05, 0) is 116 Å². The normalized spacial score (nSPS) is 11.5. The number of benzene rings is 10. The van der Waals surface area contributed by atoms with Crippen molar-refractivity contribution in [1.29, 1.82) is 0 Å². The lowest BCUT2D eigenvalue weighted by atomic mass is 9.98. The lowest BCUT2D eigenvalue weighted by molar-refractivity contribution is 1.18. The van der Waals surface area contributed by atoms with Crippen molar-refractivity contribution in [3.05, 3.63) is 231 Å². The van der Waals surface area contributed by atoms with E-state index >= 15 is 0 Å². The molecule has 12 aromatic rings. The zero-order valence-corrected chi connectivity index (χ0v) is 35.0. The van der Waals surface area contributed by atoms with E-state index in [1.54, 1.807) is 0 Å². The fourth-order valence-corrected chi connectivity index (χ4v) is 9.80. The SMILES string of the molecule is c1ccc(-c2ccc(N(c3ccc(-c4ccccc4)cc3)c3ccc(-c4ccc5c(c4)c4c6ccccc6ccc4n5-c4ccc(-c5ccccc5)cc4)c4nsnc34)cc2)cc1. The molecule has 4 nitrogen and oxygen atoms in total. The highest BCUT2D eigenvalue weighted by molar-refractivity contribution is 7.00. The summed E-state index contributed by atoms with van der Waals surface area (Å²) in [4.78, 5) is 2.31. The quantitative estimate of drug-likeness (QED) is 0.153. The molecule has 0 amide bonds. The van der Waals surface area contributed by atoms with Gasteiger partial charge in [-0.15, -0.1) is 0 Å². The molecule has 0 fully saturated rings. The first-order valence-corrected chi connectivity index (χ1v) is 22.0. The van der Waals surface area contributed by atoms with Crippen LogP contribution in [0.25, 0.3) is 93.8 Å². The fourth-order valence-electron chi connectivity index (χ4n) is 9.23. The van der Waals surface area contributed by atoms with Gasteiger partial charge in [0, 0.05) is 33.4 Å². The molecule has 0 unspecified atom stereocenters. The van der Waals surface area contributed by atoms with Crippen molar-refractivity contribution in [2.75, 3.05) is 4.90 Å². The first-order valence-electron chi connectivity index (χ1n) is 21.2. The lowest BCUT2D eigenvalue weighted by Gasteiger charge is -2.26.